The first kappa shape index (κ1) is 29.3. The molecule has 3 aromatic rings. The third kappa shape index (κ3) is 7.18. The maximum absolute atomic E-state index is 12.1. The van der Waals surface area contributed by atoms with Crippen LogP contribution in [0.5, 0.6) is 5.75 Å². The van der Waals surface area contributed by atoms with E-state index in [4.69, 9.17) is 9.16 Å². The molecular weight excluding hydrogens is 500 g/mol. The predicted octanol–water partition coefficient (Wildman–Crippen LogP) is 6.07. The average Bonchev–Trinajstić information content (AvgIpc) is 2.81. The van der Waals surface area contributed by atoms with E-state index in [1.54, 1.807) is 24.3 Å². The number of carbonyl (C=O) groups is 2. The Balaban J connectivity index is 2.01. The van der Waals surface area contributed by atoms with Crippen molar-refractivity contribution in [2.75, 3.05) is 6.54 Å². The first-order chi connectivity index (χ1) is 17.6. The minimum atomic E-state index is -2.25. The Morgan fingerprint density at radius 1 is 1.11 bits per heavy atom. The van der Waals surface area contributed by atoms with E-state index in [9.17, 15) is 19.5 Å². The molecule has 2 aromatic carbocycles. The number of pyridine rings is 1. The number of aromatic nitrogens is 1. The van der Waals surface area contributed by atoms with Crippen molar-refractivity contribution < 1.29 is 23.9 Å². The van der Waals surface area contributed by atoms with Gasteiger partial charge in [0, 0.05) is 29.1 Å². The zero-order valence-electron chi connectivity index (χ0n) is 23.2. The van der Waals surface area contributed by atoms with E-state index in [1.165, 1.54) is 6.07 Å². The number of carboxylic acid groups (broad SMARTS) is 1. The highest BCUT2D eigenvalue weighted by Gasteiger charge is 2.40. The SMILES string of the molecule is CC(C)(Cc1cccc(C=O)c1)NCC(O[Si](C)(C)C(C)(C)C)c1ccc(OC(=O)O)c2[nH]c(=O)ccc12. The van der Waals surface area contributed by atoms with Crippen LogP contribution in [0, 0.1) is 0 Å². The topological polar surface area (TPSA) is 118 Å². The molecule has 0 saturated carbocycles. The third-order valence-corrected chi connectivity index (χ3v) is 11.7. The fourth-order valence-electron chi connectivity index (χ4n) is 4.17. The number of H-pyrrole nitrogens is 1. The molecule has 38 heavy (non-hydrogen) atoms. The van der Waals surface area contributed by atoms with Gasteiger partial charge < -0.3 is 24.6 Å². The smallest absolute Gasteiger partial charge is 0.449 e. The van der Waals surface area contributed by atoms with Crippen molar-refractivity contribution in [2.24, 2.45) is 0 Å². The molecule has 0 amide bonds. The van der Waals surface area contributed by atoms with Crippen molar-refractivity contribution in [1.29, 1.82) is 0 Å². The Kier molecular flexibility index (Phi) is 8.65. The van der Waals surface area contributed by atoms with Crippen molar-refractivity contribution in [3.63, 3.8) is 0 Å². The molecule has 8 nitrogen and oxygen atoms in total. The standard InChI is InChI=1S/C29H38N2O6Si/c1-28(2,3)38(6,7)37-24(17-30-29(4,5)16-19-9-8-10-20(15-19)18-32)21-11-13-23(36-27(34)35)26-22(21)12-14-25(33)31-26/h8-15,18,24,30H,16-17H2,1-7H3,(H,31,33)(H,34,35). The van der Waals surface area contributed by atoms with Crippen molar-refractivity contribution in [1.82, 2.24) is 10.3 Å². The lowest BCUT2D eigenvalue weighted by Crippen LogP contribution is -2.47. The molecule has 0 aliphatic heterocycles. The van der Waals surface area contributed by atoms with Gasteiger partial charge in [0.25, 0.3) is 0 Å². The molecule has 0 aliphatic rings. The molecule has 0 saturated heterocycles. The molecule has 1 unspecified atom stereocenters. The number of carbonyl (C=O) groups excluding carboxylic acids is 1. The molecule has 204 valence electrons. The Labute approximate surface area is 224 Å². The van der Waals surface area contributed by atoms with Gasteiger partial charge >= 0.3 is 6.16 Å². The average molecular weight is 539 g/mol. The molecule has 0 radical (unpaired) electrons. The lowest BCUT2D eigenvalue weighted by Gasteiger charge is -2.40. The number of aldehydes is 1. The molecule has 3 rings (SSSR count). The number of benzene rings is 2. The highest BCUT2D eigenvalue weighted by atomic mass is 28.4. The Bertz CT molecular complexity index is 1370. The van der Waals surface area contributed by atoms with Gasteiger partial charge in [0.15, 0.2) is 14.1 Å². The maximum atomic E-state index is 12.1. The fraction of sp³-hybridized carbons (Fsp3) is 0.414. The number of hydrogen-bond acceptors (Lipinski definition) is 6. The van der Waals surface area contributed by atoms with E-state index in [1.807, 2.05) is 18.2 Å². The van der Waals surface area contributed by atoms with E-state index < -0.39 is 14.5 Å². The van der Waals surface area contributed by atoms with Gasteiger partial charge in [-0.05, 0) is 67.7 Å². The van der Waals surface area contributed by atoms with Crippen LogP contribution in [-0.4, -0.2) is 42.9 Å². The maximum Gasteiger partial charge on any atom is 0.511 e. The van der Waals surface area contributed by atoms with Crippen LogP contribution in [-0.2, 0) is 10.8 Å². The van der Waals surface area contributed by atoms with Crippen LogP contribution in [0.3, 0.4) is 0 Å². The number of nitrogens with one attached hydrogen (secondary N) is 2. The Morgan fingerprint density at radius 2 is 1.82 bits per heavy atom. The summed E-state index contributed by atoms with van der Waals surface area (Å²) in [5.41, 5.74) is 2.14. The van der Waals surface area contributed by atoms with Crippen LogP contribution in [0.2, 0.25) is 18.1 Å². The summed E-state index contributed by atoms with van der Waals surface area (Å²) in [5, 5.41) is 13.4. The summed E-state index contributed by atoms with van der Waals surface area (Å²) in [6, 6.07) is 14.0. The van der Waals surface area contributed by atoms with Gasteiger partial charge in [-0.2, -0.15) is 0 Å². The van der Waals surface area contributed by atoms with E-state index in [2.05, 4.69) is 58.0 Å². The third-order valence-electron chi connectivity index (χ3n) is 7.18. The minimum Gasteiger partial charge on any atom is -0.449 e. The monoisotopic (exact) mass is 538 g/mol. The first-order valence-electron chi connectivity index (χ1n) is 12.7. The van der Waals surface area contributed by atoms with E-state index in [0.717, 1.165) is 17.4 Å². The second-order valence-electron chi connectivity index (χ2n) is 11.8. The molecule has 9 heteroatoms. The predicted molar refractivity (Wildman–Crippen MR) is 152 cm³/mol. The molecule has 0 spiro atoms. The van der Waals surface area contributed by atoms with E-state index in [-0.39, 0.29) is 28.0 Å². The summed E-state index contributed by atoms with van der Waals surface area (Å²) < 4.78 is 11.9. The molecule has 3 N–H and O–H groups in total. The number of ether oxygens (including phenoxy) is 1. The Morgan fingerprint density at radius 3 is 2.45 bits per heavy atom. The summed E-state index contributed by atoms with van der Waals surface area (Å²) in [4.78, 5) is 37.3. The van der Waals surface area contributed by atoms with E-state index in [0.29, 0.717) is 29.4 Å². The molecule has 0 fully saturated rings. The van der Waals surface area contributed by atoms with Gasteiger partial charge in [-0.1, -0.05) is 45.0 Å². The van der Waals surface area contributed by atoms with Crippen LogP contribution in [0.4, 0.5) is 4.79 Å². The van der Waals surface area contributed by atoms with Gasteiger partial charge in [-0.15, -0.1) is 0 Å². The molecule has 1 aromatic heterocycles. The zero-order valence-corrected chi connectivity index (χ0v) is 24.2. The molecule has 0 aliphatic carbocycles. The summed E-state index contributed by atoms with van der Waals surface area (Å²) in [7, 11) is -2.25. The second kappa shape index (κ2) is 11.2. The molecule has 1 heterocycles. The molecule has 0 bridgehead atoms. The van der Waals surface area contributed by atoms with Crippen molar-refractivity contribution in [3.8, 4) is 5.75 Å². The zero-order chi connectivity index (χ0) is 28.3. The van der Waals surface area contributed by atoms with Crippen molar-refractivity contribution >= 4 is 31.7 Å². The van der Waals surface area contributed by atoms with Gasteiger partial charge in [0.2, 0.25) is 5.56 Å². The summed E-state index contributed by atoms with van der Waals surface area (Å²) >= 11 is 0. The van der Waals surface area contributed by atoms with Gasteiger partial charge in [0.1, 0.15) is 6.29 Å². The number of hydrogen-bond donors (Lipinski definition) is 3. The highest BCUT2D eigenvalue weighted by Crippen LogP contribution is 2.41. The fourth-order valence-corrected chi connectivity index (χ4v) is 5.45. The quantitative estimate of drug-likeness (QED) is 0.124. The lowest BCUT2D eigenvalue weighted by molar-refractivity contribution is 0.112. The normalized spacial score (nSPS) is 13.3. The summed E-state index contributed by atoms with van der Waals surface area (Å²) in [5.74, 6) is 0.0587. The highest BCUT2D eigenvalue weighted by molar-refractivity contribution is 6.74. The van der Waals surface area contributed by atoms with Crippen molar-refractivity contribution in [2.45, 2.75) is 70.8 Å². The number of rotatable bonds is 10. The lowest BCUT2D eigenvalue weighted by atomic mass is 9.93. The van der Waals surface area contributed by atoms with E-state index >= 15 is 0 Å². The van der Waals surface area contributed by atoms with Crippen LogP contribution in [0.1, 0.15) is 62.2 Å². The van der Waals surface area contributed by atoms with Gasteiger partial charge in [-0.25, -0.2) is 4.79 Å². The van der Waals surface area contributed by atoms with Gasteiger partial charge in [0.05, 0.1) is 11.6 Å². The molecular formula is C29H38N2O6Si. The number of fused-ring (bicyclic) bond motifs is 1. The summed E-state index contributed by atoms with van der Waals surface area (Å²) in [6.45, 7) is 15.6. The molecule has 1 atom stereocenters. The first-order valence-corrected chi connectivity index (χ1v) is 15.6. The number of aromatic amines is 1. The van der Waals surface area contributed by atoms with Gasteiger partial charge in [-0.3, -0.25) is 9.59 Å². The van der Waals surface area contributed by atoms with Crippen LogP contribution in [0.15, 0.2) is 53.3 Å². The summed E-state index contributed by atoms with van der Waals surface area (Å²) in [6.07, 6.45) is -0.301. The largest absolute Gasteiger partial charge is 0.511 e. The minimum absolute atomic E-state index is 0.0491. The Hall–Kier alpha value is -3.27. The van der Waals surface area contributed by atoms with Crippen molar-refractivity contribution in [3.05, 3.63) is 75.6 Å². The second-order valence-corrected chi connectivity index (χ2v) is 16.6. The van der Waals surface area contributed by atoms with Crippen LogP contribution in [0.25, 0.3) is 10.9 Å². The van der Waals surface area contributed by atoms with Crippen LogP contribution >= 0.6 is 0 Å². The van der Waals surface area contributed by atoms with Crippen LogP contribution < -0.4 is 15.6 Å².